The minimum atomic E-state index is -1.40. The lowest BCUT2D eigenvalue weighted by molar-refractivity contribution is -0.0968. The molecule has 4 heteroatoms. The van der Waals surface area contributed by atoms with Gasteiger partial charge in [0.15, 0.2) is 17.9 Å². The van der Waals surface area contributed by atoms with Crippen LogP contribution in [0.15, 0.2) is 24.2 Å². The molecule has 0 radical (unpaired) electrons. The minimum absolute atomic E-state index is 0.0304. The summed E-state index contributed by atoms with van der Waals surface area (Å²) in [6, 6.07) is -1.74. The normalized spacial score (nSPS) is 32.8. The monoisotopic (exact) mass is 351 g/mol. The molecular formula is C21H26F2O2. The highest BCUT2D eigenvalue weighted by Gasteiger charge is 2.34. The van der Waals surface area contributed by atoms with Crippen molar-refractivity contribution in [3.63, 3.8) is 0 Å². The molecule has 4 rings (SSSR count). The van der Waals surface area contributed by atoms with Gasteiger partial charge in [-0.25, -0.2) is 8.78 Å². The second-order valence-electron chi connectivity index (χ2n) is 7.43. The molecule has 0 spiro atoms. The van der Waals surface area contributed by atoms with Crippen molar-refractivity contribution in [2.45, 2.75) is 51.2 Å². The van der Waals surface area contributed by atoms with E-state index in [0.29, 0.717) is 43.0 Å². The van der Waals surface area contributed by atoms with Gasteiger partial charge in [-0.3, -0.25) is 0 Å². The van der Waals surface area contributed by atoms with Crippen molar-refractivity contribution in [2.75, 3.05) is 13.2 Å². The van der Waals surface area contributed by atoms with Gasteiger partial charge in [0.2, 0.25) is 0 Å². The Bertz CT molecular complexity index is 740. The van der Waals surface area contributed by atoms with Gasteiger partial charge in [0.05, 0.1) is 17.3 Å². The van der Waals surface area contributed by atoms with E-state index < -0.39 is 23.7 Å². The lowest BCUT2D eigenvalue weighted by Gasteiger charge is -2.36. The van der Waals surface area contributed by atoms with Crippen LogP contribution in [-0.2, 0) is 9.47 Å². The molecular weight excluding hydrogens is 322 g/mol. The van der Waals surface area contributed by atoms with Crippen LogP contribution in [0.1, 0.15) is 54.6 Å². The van der Waals surface area contributed by atoms with E-state index in [1.807, 2.05) is 6.08 Å². The number of rotatable bonds is 3. The maximum atomic E-state index is 13.9. The molecule has 2 aliphatic carbocycles. The Morgan fingerprint density at radius 3 is 2.28 bits per heavy atom. The van der Waals surface area contributed by atoms with E-state index >= 15 is 0 Å². The number of allylic oxidation sites excluding steroid dienone is 2. The standard InChI is InChI=1S/C21H26F2O2/c22-19-10-9-18(13-20(19)23)16-3-1-14(2-4-16)15-5-7-17(8-6-15)21-24-11-12-25-21/h3,9-10,13-15,17,21H,1-2,4-8,11-12H2/i9D,10D,13D. The van der Waals surface area contributed by atoms with Crippen LogP contribution < -0.4 is 0 Å². The molecule has 25 heavy (non-hydrogen) atoms. The Kier molecular flexibility index (Phi) is 4.19. The molecule has 1 aromatic carbocycles. The minimum Gasteiger partial charge on any atom is -0.350 e. The molecule has 1 saturated carbocycles. The summed E-state index contributed by atoms with van der Waals surface area (Å²) < 4.78 is 62.3. The summed E-state index contributed by atoms with van der Waals surface area (Å²) in [5.41, 5.74) is 0.793. The Balaban J connectivity index is 1.42. The van der Waals surface area contributed by atoms with E-state index in [0.717, 1.165) is 38.5 Å². The predicted octanol–water partition coefficient (Wildman–Crippen LogP) is 5.33. The zero-order valence-electron chi connectivity index (χ0n) is 17.3. The van der Waals surface area contributed by atoms with Crippen LogP contribution in [0.25, 0.3) is 5.57 Å². The number of benzene rings is 1. The molecule has 1 saturated heterocycles. The van der Waals surface area contributed by atoms with Crippen molar-refractivity contribution in [3.05, 3.63) is 41.4 Å². The molecule has 2 fully saturated rings. The molecule has 0 bridgehead atoms. The van der Waals surface area contributed by atoms with Crippen molar-refractivity contribution in [2.24, 2.45) is 17.8 Å². The molecule has 0 N–H and O–H groups in total. The van der Waals surface area contributed by atoms with Gasteiger partial charge in [0.1, 0.15) is 0 Å². The molecule has 1 heterocycles. The van der Waals surface area contributed by atoms with Crippen molar-refractivity contribution >= 4 is 5.57 Å². The largest absolute Gasteiger partial charge is 0.350 e. The summed E-state index contributed by atoms with van der Waals surface area (Å²) in [7, 11) is 0. The highest BCUT2D eigenvalue weighted by atomic mass is 19.2. The zero-order valence-corrected chi connectivity index (χ0v) is 14.3. The van der Waals surface area contributed by atoms with Crippen molar-refractivity contribution in [1.82, 2.24) is 0 Å². The highest BCUT2D eigenvalue weighted by Crippen LogP contribution is 2.42. The summed E-state index contributed by atoms with van der Waals surface area (Å²) in [5.74, 6) is -1.06. The zero-order chi connectivity index (χ0) is 19.8. The average molecular weight is 351 g/mol. The molecule has 1 aromatic rings. The van der Waals surface area contributed by atoms with Gasteiger partial charge in [-0.05, 0) is 80.0 Å². The number of hydrogen-bond donors (Lipinski definition) is 0. The fourth-order valence-electron chi connectivity index (χ4n) is 4.58. The van der Waals surface area contributed by atoms with Gasteiger partial charge >= 0.3 is 0 Å². The van der Waals surface area contributed by atoms with E-state index in [1.165, 1.54) is 0 Å². The van der Waals surface area contributed by atoms with E-state index in [2.05, 4.69) is 0 Å². The molecule has 1 atom stereocenters. The third kappa shape index (κ3) is 3.80. The van der Waals surface area contributed by atoms with Crippen molar-refractivity contribution in [1.29, 1.82) is 0 Å². The molecule has 1 aliphatic heterocycles. The fraction of sp³-hybridized carbons (Fsp3) is 0.619. The third-order valence-electron chi connectivity index (χ3n) is 6.01. The van der Waals surface area contributed by atoms with Crippen LogP contribution in [0.5, 0.6) is 0 Å². The smallest absolute Gasteiger partial charge is 0.160 e. The molecule has 1 unspecified atom stereocenters. The highest BCUT2D eigenvalue weighted by molar-refractivity contribution is 5.66. The van der Waals surface area contributed by atoms with Gasteiger partial charge in [-0.2, -0.15) is 0 Å². The average Bonchev–Trinajstić information content (AvgIpc) is 3.27. The second-order valence-corrected chi connectivity index (χ2v) is 7.43. The first-order chi connectivity index (χ1) is 13.5. The van der Waals surface area contributed by atoms with E-state index in [4.69, 9.17) is 13.6 Å². The lowest BCUT2D eigenvalue weighted by Crippen LogP contribution is -2.29. The molecule has 0 amide bonds. The second kappa shape index (κ2) is 7.55. The van der Waals surface area contributed by atoms with Gasteiger partial charge in [0, 0.05) is 5.92 Å². The first kappa shape index (κ1) is 13.9. The summed E-state index contributed by atoms with van der Waals surface area (Å²) in [6.07, 6.45) is 8.86. The summed E-state index contributed by atoms with van der Waals surface area (Å²) in [4.78, 5) is 0. The summed E-state index contributed by atoms with van der Waals surface area (Å²) >= 11 is 0. The molecule has 136 valence electrons. The Morgan fingerprint density at radius 2 is 1.60 bits per heavy atom. The third-order valence-corrected chi connectivity index (χ3v) is 6.01. The topological polar surface area (TPSA) is 18.5 Å². The van der Waals surface area contributed by atoms with Gasteiger partial charge < -0.3 is 9.47 Å². The molecule has 0 aromatic heterocycles. The number of hydrogen-bond acceptors (Lipinski definition) is 2. The molecule has 3 aliphatic rings. The number of ether oxygens (including phenoxy) is 2. The maximum absolute atomic E-state index is 13.9. The van der Waals surface area contributed by atoms with Crippen LogP contribution in [0.2, 0.25) is 0 Å². The summed E-state index contributed by atoms with van der Waals surface area (Å²) in [5, 5.41) is 0. The van der Waals surface area contributed by atoms with Crippen LogP contribution in [0.3, 0.4) is 0 Å². The van der Waals surface area contributed by atoms with Crippen LogP contribution >= 0.6 is 0 Å². The van der Waals surface area contributed by atoms with Crippen molar-refractivity contribution < 1.29 is 22.4 Å². The van der Waals surface area contributed by atoms with E-state index in [9.17, 15) is 8.78 Å². The van der Waals surface area contributed by atoms with Gasteiger partial charge in [-0.1, -0.05) is 12.1 Å². The summed E-state index contributed by atoms with van der Waals surface area (Å²) in [6.45, 7) is 1.39. The first-order valence-electron chi connectivity index (χ1n) is 10.8. The Labute approximate surface area is 152 Å². The van der Waals surface area contributed by atoms with Crippen LogP contribution in [0.4, 0.5) is 8.78 Å². The number of halogens is 2. The predicted molar refractivity (Wildman–Crippen MR) is 92.8 cm³/mol. The Hall–Kier alpha value is -1.26. The van der Waals surface area contributed by atoms with Gasteiger partial charge in [-0.15, -0.1) is 0 Å². The van der Waals surface area contributed by atoms with Crippen molar-refractivity contribution in [3.8, 4) is 0 Å². The van der Waals surface area contributed by atoms with Crippen LogP contribution in [-0.4, -0.2) is 19.5 Å². The SMILES string of the molecule is [2H]c1c([2H])c(C2=CCC(C3CCC(C4OCCO4)CC3)CC2)c([2H])c(F)c1F. The molecule has 2 nitrogen and oxygen atoms in total. The van der Waals surface area contributed by atoms with Gasteiger partial charge in [0.25, 0.3) is 0 Å². The van der Waals surface area contributed by atoms with Crippen LogP contribution in [0, 0.1) is 29.4 Å². The van der Waals surface area contributed by atoms with E-state index in [-0.39, 0.29) is 17.9 Å². The quantitative estimate of drug-likeness (QED) is 0.733. The first-order valence-corrected chi connectivity index (χ1v) is 9.34. The lowest BCUT2D eigenvalue weighted by atomic mass is 9.71. The fourth-order valence-corrected chi connectivity index (χ4v) is 4.58. The Morgan fingerprint density at radius 1 is 0.880 bits per heavy atom. The van der Waals surface area contributed by atoms with E-state index in [1.54, 1.807) is 0 Å². The maximum Gasteiger partial charge on any atom is 0.160 e.